The molecule has 0 bridgehead atoms. The van der Waals surface area contributed by atoms with Crippen LogP contribution in [-0.2, 0) is 9.59 Å². The lowest BCUT2D eigenvalue weighted by Crippen LogP contribution is -2.32. The van der Waals surface area contributed by atoms with Gasteiger partial charge in [-0.3, -0.25) is 19.3 Å². The van der Waals surface area contributed by atoms with Crippen molar-refractivity contribution < 1.29 is 23.9 Å². The summed E-state index contributed by atoms with van der Waals surface area (Å²) >= 11 is 7.25. The summed E-state index contributed by atoms with van der Waals surface area (Å²) in [5.74, 6) is 0.382. The third-order valence-corrected chi connectivity index (χ3v) is 7.27. The Bertz CT molecular complexity index is 1470. The van der Waals surface area contributed by atoms with Gasteiger partial charge < -0.3 is 14.8 Å². The quantitative estimate of drug-likeness (QED) is 0.291. The number of amides is 3. The van der Waals surface area contributed by atoms with E-state index in [2.05, 4.69) is 5.32 Å². The molecule has 0 aliphatic carbocycles. The third-order valence-electron chi connectivity index (χ3n) is 6.07. The smallest absolute Gasteiger partial charge is 0.293 e. The number of nitrogens with one attached hydrogen (secondary N) is 1. The van der Waals surface area contributed by atoms with E-state index in [0.717, 1.165) is 45.5 Å². The number of hydrogen-bond donors (Lipinski definition) is 1. The van der Waals surface area contributed by atoms with Gasteiger partial charge in [-0.05, 0) is 97.6 Å². The first-order chi connectivity index (χ1) is 18.6. The van der Waals surface area contributed by atoms with Gasteiger partial charge in [0.05, 0.1) is 16.5 Å². The fraction of sp³-hybridized carbons (Fsp3) is 0.233. The number of anilines is 1. The molecule has 3 aromatic carbocycles. The van der Waals surface area contributed by atoms with Crippen molar-refractivity contribution in [3.63, 3.8) is 0 Å². The summed E-state index contributed by atoms with van der Waals surface area (Å²) in [7, 11) is 0. The van der Waals surface area contributed by atoms with Gasteiger partial charge in [0.15, 0.2) is 6.61 Å². The molecule has 4 rings (SSSR count). The molecule has 202 valence electrons. The average Bonchev–Trinajstić information content (AvgIpc) is 3.15. The molecular formula is C30H29ClN2O5S. The lowest BCUT2D eigenvalue weighted by molar-refractivity contribution is -0.123. The molecule has 1 fully saturated rings. The molecule has 39 heavy (non-hydrogen) atoms. The number of carbonyl (C=O) groups excluding carboxylic acids is 3. The van der Waals surface area contributed by atoms with Crippen molar-refractivity contribution in [3.8, 4) is 11.5 Å². The maximum atomic E-state index is 12.9. The number of benzene rings is 3. The Balaban J connectivity index is 1.33. The molecule has 0 unspecified atom stereocenters. The number of hydrogen-bond acceptors (Lipinski definition) is 6. The highest BCUT2D eigenvalue weighted by molar-refractivity contribution is 8.18. The predicted octanol–water partition coefficient (Wildman–Crippen LogP) is 6.71. The molecule has 1 heterocycles. The Kier molecular flexibility index (Phi) is 8.99. The van der Waals surface area contributed by atoms with Crippen molar-refractivity contribution in [2.45, 2.75) is 27.7 Å². The van der Waals surface area contributed by atoms with Crippen molar-refractivity contribution in [2.24, 2.45) is 0 Å². The Morgan fingerprint density at radius 2 is 1.64 bits per heavy atom. The second-order valence-electron chi connectivity index (χ2n) is 9.30. The molecule has 7 nitrogen and oxygen atoms in total. The van der Waals surface area contributed by atoms with Crippen LogP contribution in [-0.4, -0.2) is 41.7 Å². The zero-order valence-electron chi connectivity index (χ0n) is 22.2. The molecule has 0 saturated carbocycles. The summed E-state index contributed by atoms with van der Waals surface area (Å²) < 4.78 is 11.4. The van der Waals surface area contributed by atoms with Crippen LogP contribution in [0.15, 0.2) is 59.5 Å². The molecule has 1 saturated heterocycles. The minimum atomic E-state index is -0.380. The van der Waals surface area contributed by atoms with Crippen molar-refractivity contribution in [2.75, 3.05) is 25.1 Å². The van der Waals surface area contributed by atoms with Crippen molar-refractivity contribution in [1.82, 2.24) is 4.90 Å². The van der Waals surface area contributed by atoms with E-state index in [4.69, 9.17) is 21.1 Å². The number of ether oxygens (including phenoxy) is 2. The van der Waals surface area contributed by atoms with E-state index in [1.54, 1.807) is 24.3 Å². The first-order valence-corrected chi connectivity index (χ1v) is 13.5. The summed E-state index contributed by atoms with van der Waals surface area (Å²) in [6, 6.07) is 16.7. The summed E-state index contributed by atoms with van der Waals surface area (Å²) in [6.45, 7) is 7.92. The second-order valence-corrected chi connectivity index (χ2v) is 10.7. The highest BCUT2D eigenvalue weighted by atomic mass is 35.5. The molecule has 3 amide bonds. The molecule has 3 aromatic rings. The van der Waals surface area contributed by atoms with Gasteiger partial charge in [-0.1, -0.05) is 41.9 Å². The van der Waals surface area contributed by atoms with Crippen LogP contribution in [0.3, 0.4) is 0 Å². The SMILES string of the molecule is Cc1ccc(C)c(NC(=O)COc2ccc(/C=C3\SC(=O)N(CCOc4cc(C)ccc4C)C3=O)cc2Cl)c1. The van der Waals surface area contributed by atoms with Gasteiger partial charge >= 0.3 is 0 Å². The second kappa shape index (κ2) is 12.4. The summed E-state index contributed by atoms with van der Waals surface area (Å²) in [4.78, 5) is 39.2. The Morgan fingerprint density at radius 3 is 2.38 bits per heavy atom. The lowest BCUT2D eigenvalue weighted by atomic mass is 10.1. The zero-order chi connectivity index (χ0) is 28.1. The number of halogens is 1. The highest BCUT2D eigenvalue weighted by Gasteiger charge is 2.34. The number of nitrogens with zero attached hydrogens (tertiary/aromatic N) is 1. The van der Waals surface area contributed by atoms with E-state index in [1.807, 2.05) is 64.1 Å². The fourth-order valence-electron chi connectivity index (χ4n) is 3.88. The van der Waals surface area contributed by atoms with E-state index in [1.165, 1.54) is 4.90 Å². The zero-order valence-corrected chi connectivity index (χ0v) is 23.7. The van der Waals surface area contributed by atoms with Gasteiger partial charge in [-0.15, -0.1) is 0 Å². The Morgan fingerprint density at radius 1 is 0.923 bits per heavy atom. The van der Waals surface area contributed by atoms with Gasteiger partial charge in [0.25, 0.3) is 17.1 Å². The molecule has 1 aliphatic rings. The van der Waals surface area contributed by atoms with E-state index in [-0.39, 0.29) is 41.8 Å². The topological polar surface area (TPSA) is 84.9 Å². The van der Waals surface area contributed by atoms with Gasteiger partial charge in [0, 0.05) is 5.69 Å². The molecule has 1 N–H and O–H groups in total. The minimum absolute atomic E-state index is 0.146. The van der Waals surface area contributed by atoms with Gasteiger partial charge in [0.2, 0.25) is 0 Å². The van der Waals surface area contributed by atoms with E-state index < -0.39 is 0 Å². The van der Waals surface area contributed by atoms with Crippen LogP contribution in [0, 0.1) is 27.7 Å². The van der Waals surface area contributed by atoms with Gasteiger partial charge in [-0.2, -0.15) is 0 Å². The number of imide groups is 1. The molecule has 0 radical (unpaired) electrons. The van der Waals surface area contributed by atoms with Crippen LogP contribution in [0.5, 0.6) is 11.5 Å². The highest BCUT2D eigenvalue weighted by Crippen LogP contribution is 2.34. The van der Waals surface area contributed by atoms with Crippen LogP contribution in [0.25, 0.3) is 6.08 Å². The number of aryl methyl sites for hydroxylation is 4. The number of rotatable bonds is 9. The van der Waals surface area contributed by atoms with Crippen LogP contribution in [0.1, 0.15) is 27.8 Å². The summed E-state index contributed by atoms with van der Waals surface area (Å²) in [5.41, 5.74) is 5.41. The van der Waals surface area contributed by atoms with Crippen LogP contribution < -0.4 is 14.8 Å². The molecule has 0 spiro atoms. The minimum Gasteiger partial charge on any atom is -0.491 e. The Labute approximate surface area is 237 Å². The molecule has 0 atom stereocenters. The van der Waals surface area contributed by atoms with Crippen LogP contribution >= 0.6 is 23.4 Å². The van der Waals surface area contributed by atoms with Crippen LogP contribution in [0.4, 0.5) is 10.5 Å². The monoisotopic (exact) mass is 564 g/mol. The maximum absolute atomic E-state index is 12.9. The largest absolute Gasteiger partial charge is 0.491 e. The normalized spacial score (nSPS) is 14.2. The molecule has 9 heteroatoms. The first kappa shape index (κ1) is 28.3. The first-order valence-electron chi connectivity index (χ1n) is 12.4. The standard InChI is InChI=1S/C30H29ClN2O5S/c1-18-5-7-20(3)24(13-18)32-28(34)17-38-25-10-9-22(15-23(25)31)16-27-29(35)33(30(36)39-27)11-12-37-26-14-19(2)6-8-21(26)4/h5-10,13-16H,11-12,17H2,1-4H3,(H,32,34)/b27-16-. The lowest BCUT2D eigenvalue weighted by Gasteiger charge is -2.14. The van der Waals surface area contributed by atoms with Crippen molar-refractivity contribution in [3.05, 3.63) is 92.3 Å². The molecular weight excluding hydrogens is 536 g/mol. The average molecular weight is 565 g/mol. The van der Waals surface area contributed by atoms with E-state index in [9.17, 15) is 14.4 Å². The number of carbonyl (C=O) groups is 3. The fourth-order valence-corrected chi connectivity index (χ4v) is 4.99. The molecule has 1 aliphatic heterocycles. The van der Waals surface area contributed by atoms with Crippen LogP contribution in [0.2, 0.25) is 5.02 Å². The predicted molar refractivity (Wildman–Crippen MR) is 156 cm³/mol. The summed E-state index contributed by atoms with van der Waals surface area (Å²) in [5, 5.41) is 2.77. The third kappa shape index (κ3) is 7.22. The van der Waals surface area contributed by atoms with Gasteiger partial charge in [0.1, 0.15) is 18.1 Å². The maximum Gasteiger partial charge on any atom is 0.293 e. The van der Waals surface area contributed by atoms with Crippen molar-refractivity contribution in [1.29, 1.82) is 0 Å². The van der Waals surface area contributed by atoms with E-state index >= 15 is 0 Å². The molecule has 0 aromatic heterocycles. The van der Waals surface area contributed by atoms with E-state index in [0.29, 0.717) is 16.2 Å². The Hall–Kier alpha value is -3.75. The van der Waals surface area contributed by atoms with Crippen molar-refractivity contribution >= 4 is 52.2 Å². The number of thioether (sulfide) groups is 1. The van der Waals surface area contributed by atoms with Gasteiger partial charge in [-0.25, -0.2) is 0 Å². The summed E-state index contributed by atoms with van der Waals surface area (Å²) in [6.07, 6.45) is 1.61.